The molecular weight excluding hydrogens is 244 g/mol. The highest BCUT2D eigenvalue weighted by Gasteiger charge is 2.01. The van der Waals surface area contributed by atoms with Gasteiger partial charge in [0.25, 0.3) is 0 Å². The Morgan fingerprint density at radius 3 is 2.50 bits per heavy atom. The Morgan fingerprint density at radius 2 is 1.78 bits per heavy atom. The Labute approximate surface area is 119 Å². The topological polar surface area (TPSA) is 18.5 Å². The molecule has 18 heavy (non-hydrogen) atoms. The van der Waals surface area contributed by atoms with Gasteiger partial charge in [0.2, 0.25) is 0 Å². The van der Waals surface area contributed by atoms with Crippen molar-refractivity contribution >= 4 is 12.6 Å². The summed E-state index contributed by atoms with van der Waals surface area (Å²) in [4.78, 5) is 0. The summed E-state index contributed by atoms with van der Waals surface area (Å²) in [5, 5.41) is 0. The van der Waals surface area contributed by atoms with E-state index >= 15 is 0 Å². The molecule has 0 aliphatic carbocycles. The van der Waals surface area contributed by atoms with Crippen LogP contribution in [0.15, 0.2) is 12.7 Å². The van der Waals surface area contributed by atoms with E-state index in [0.717, 1.165) is 18.6 Å². The molecule has 0 heterocycles. The summed E-state index contributed by atoms with van der Waals surface area (Å²) in [6, 6.07) is 0. The number of rotatable bonds is 14. The number of hydrogen-bond donors (Lipinski definition) is 1. The van der Waals surface area contributed by atoms with Gasteiger partial charge < -0.3 is 9.47 Å². The lowest BCUT2D eigenvalue weighted by atomic mass is 10.1. The molecule has 0 aromatic rings. The van der Waals surface area contributed by atoms with Crippen LogP contribution in [0.3, 0.4) is 0 Å². The van der Waals surface area contributed by atoms with E-state index in [0.29, 0.717) is 25.9 Å². The minimum absolute atomic E-state index is 0.359. The normalized spacial score (nSPS) is 12.6. The first-order valence-corrected chi connectivity index (χ1v) is 7.85. The average Bonchev–Trinajstić information content (AvgIpc) is 2.37. The van der Waals surface area contributed by atoms with Crippen molar-refractivity contribution in [3.8, 4) is 0 Å². The van der Waals surface area contributed by atoms with Crippen LogP contribution < -0.4 is 0 Å². The molecule has 0 amide bonds. The van der Waals surface area contributed by atoms with E-state index in [1.807, 2.05) is 6.08 Å². The lowest BCUT2D eigenvalue weighted by Crippen LogP contribution is -2.13. The van der Waals surface area contributed by atoms with Crippen molar-refractivity contribution in [1.29, 1.82) is 0 Å². The van der Waals surface area contributed by atoms with E-state index < -0.39 is 0 Å². The second-order valence-corrected chi connectivity index (χ2v) is 5.10. The molecule has 0 spiro atoms. The standard InChI is InChI=1S/C15H30O2S/c1-3-4-5-6-7-8-9-10-15(2)17-12-11-16-13-14-18/h3,15,18H,1,4-14H2,2H3. The van der Waals surface area contributed by atoms with Crippen LogP contribution in [-0.4, -0.2) is 31.7 Å². The third-order valence-electron chi connectivity index (χ3n) is 2.88. The summed E-state index contributed by atoms with van der Waals surface area (Å²) < 4.78 is 11.0. The summed E-state index contributed by atoms with van der Waals surface area (Å²) in [7, 11) is 0. The van der Waals surface area contributed by atoms with Gasteiger partial charge in [-0.2, -0.15) is 12.6 Å². The predicted molar refractivity (Wildman–Crippen MR) is 82.6 cm³/mol. The summed E-state index contributed by atoms with van der Waals surface area (Å²) in [6.45, 7) is 7.99. The second kappa shape index (κ2) is 15.1. The van der Waals surface area contributed by atoms with Gasteiger partial charge in [-0.15, -0.1) is 6.58 Å². The number of thiol groups is 1. The van der Waals surface area contributed by atoms with E-state index in [4.69, 9.17) is 9.47 Å². The zero-order valence-corrected chi connectivity index (χ0v) is 12.8. The molecule has 0 radical (unpaired) electrons. The number of unbranched alkanes of at least 4 members (excludes halogenated alkanes) is 5. The van der Waals surface area contributed by atoms with Gasteiger partial charge in [-0.05, 0) is 26.2 Å². The second-order valence-electron chi connectivity index (χ2n) is 4.65. The minimum Gasteiger partial charge on any atom is -0.378 e. The smallest absolute Gasteiger partial charge is 0.0704 e. The van der Waals surface area contributed by atoms with Gasteiger partial charge in [0.05, 0.1) is 25.9 Å². The van der Waals surface area contributed by atoms with Crippen LogP contribution in [0.4, 0.5) is 0 Å². The summed E-state index contributed by atoms with van der Waals surface area (Å²) in [5.41, 5.74) is 0. The van der Waals surface area contributed by atoms with Crippen LogP contribution in [0.5, 0.6) is 0 Å². The van der Waals surface area contributed by atoms with Crippen LogP contribution in [0.1, 0.15) is 51.9 Å². The Kier molecular flexibility index (Phi) is 15.1. The van der Waals surface area contributed by atoms with Crippen molar-refractivity contribution in [2.75, 3.05) is 25.6 Å². The van der Waals surface area contributed by atoms with E-state index in [2.05, 4.69) is 26.1 Å². The first-order chi connectivity index (χ1) is 8.81. The van der Waals surface area contributed by atoms with Crippen molar-refractivity contribution < 1.29 is 9.47 Å². The molecule has 0 aromatic carbocycles. The molecule has 3 heteroatoms. The Balaban J connectivity index is 3.11. The lowest BCUT2D eigenvalue weighted by Gasteiger charge is -2.12. The monoisotopic (exact) mass is 274 g/mol. The van der Waals surface area contributed by atoms with E-state index in [-0.39, 0.29) is 0 Å². The van der Waals surface area contributed by atoms with E-state index in [1.165, 1.54) is 32.1 Å². The highest BCUT2D eigenvalue weighted by Crippen LogP contribution is 2.10. The average molecular weight is 274 g/mol. The van der Waals surface area contributed by atoms with Crippen LogP contribution in [0, 0.1) is 0 Å². The molecular formula is C15H30O2S. The quantitative estimate of drug-likeness (QED) is 0.290. The van der Waals surface area contributed by atoms with Crippen LogP contribution in [0.2, 0.25) is 0 Å². The molecule has 0 aliphatic heterocycles. The molecule has 0 aromatic heterocycles. The van der Waals surface area contributed by atoms with Crippen LogP contribution >= 0.6 is 12.6 Å². The van der Waals surface area contributed by atoms with Gasteiger partial charge in [0, 0.05) is 5.75 Å². The zero-order valence-electron chi connectivity index (χ0n) is 11.9. The van der Waals surface area contributed by atoms with Crippen LogP contribution in [-0.2, 0) is 9.47 Å². The van der Waals surface area contributed by atoms with Gasteiger partial charge in [-0.3, -0.25) is 0 Å². The molecule has 0 bridgehead atoms. The maximum atomic E-state index is 5.67. The molecule has 1 unspecified atom stereocenters. The zero-order chi connectivity index (χ0) is 13.5. The van der Waals surface area contributed by atoms with Gasteiger partial charge in [-0.1, -0.05) is 31.8 Å². The van der Waals surface area contributed by atoms with Crippen LogP contribution in [0.25, 0.3) is 0 Å². The summed E-state index contributed by atoms with van der Waals surface area (Å²) in [5.74, 6) is 0.779. The molecule has 2 nitrogen and oxygen atoms in total. The molecule has 0 N–H and O–H groups in total. The highest BCUT2D eigenvalue weighted by molar-refractivity contribution is 7.80. The molecule has 0 aliphatic rings. The van der Waals surface area contributed by atoms with Gasteiger partial charge in [-0.25, -0.2) is 0 Å². The fourth-order valence-corrected chi connectivity index (χ4v) is 1.94. The summed E-state index contributed by atoms with van der Waals surface area (Å²) >= 11 is 4.08. The molecule has 0 saturated heterocycles. The fraction of sp³-hybridized carbons (Fsp3) is 0.867. The summed E-state index contributed by atoms with van der Waals surface area (Å²) in [6.07, 6.45) is 11.2. The van der Waals surface area contributed by atoms with Crippen molar-refractivity contribution in [2.24, 2.45) is 0 Å². The molecule has 0 saturated carbocycles. The molecule has 0 fully saturated rings. The number of hydrogen-bond acceptors (Lipinski definition) is 3. The van der Waals surface area contributed by atoms with Crippen molar-refractivity contribution in [2.45, 2.75) is 58.0 Å². The van der Waals surface area contributed by atoms with Gasteiger partial charge >= 0.3 is 0 Å². The first kappa shape index (κ1) is 18.0. The predicted octanol–water partition coefficient (Wildman–Crippen LogP) is 4.25. The molecule has 1 atom stereocenters. The SMILES string of the molecule is C=CCCCCCCCC(C)OCCOCCS. The third kappa shape index (κ3) is 14.1. The van der Waals surface area contributed by atoms with E-state index in [9.17, 15) is 0 Å². The fourth-order valence-electron chi connectivity index (χ4n) is 1.81. The Morgan fingerprint density at radius 1 is 1.06 bits per heavy atom. The van der Waals surface area contributed by atoms with Crippen molar-refractivity contribution in [1.82, 2.24) is 0 Å². The number of allylic oxidation sites excluding steroid dienone is 1. The van der Waals surface area contributed by atoms with Gasteiger partial charge in [0.1, 0.15) is 0 Å². The first-order valence-electron chi connectivity index (χ1n) is 7.22. The Hall–Kier alpha value is 0.0100. The maximum absolute atomic E-state index is 5.67. The highest BCUT2D eigenvalue weighted by atomic mass is 32.1. The maximum Gasteiger partial charge on any atom is 0.0704 e. The van der Waals surface area contributed by atoms with E-state index in [1.54, 1.807) is 0 Å². The lowest BCUT2D eigenvalue weighted by molar-refractivity contribution is 0.0118. The largest absolute Gasteiger partial charge is 0.378 e. The Bertz CT molecular complexity index is 174. The molecule has 0 rings (SSSR count). The molecule has 108 valence electrons. The minimum atomic E-state index is 0.359. The van der Waals surface area contributed by atoms with Crippen molar-refractivity contribution in [3.05, 3.63) is 12.7 Å². The van der Waals surface area contributed by atoms with Gasteiger partial charge in [0.15, 0.2) is 0 Å². The third-order valence-corrected chi connectivity index (χ3v) is 3.07. The number of ether oxygens (including phenoxy) is 2. The van der Waals surface area contributed by atoms with Crippen molar-refractivity contribution in [3.63, 3.8) is 0 Å².